The molecule has 12 nitrogen and oxygen atoms in total. The van der Waals surface area contributed by atoms with Crippen LogP contribution in [-0.4, -0.2) is 63.9 Å². The van der Waals surface area contributed by atoms with Crippen molar-refractivity contribution in [2.45, 2.75) is 18.3 Å². The second-order valence-corrected chi connectivity index (χ2v) is 10.5. The maximum Gasteiger partial charge on any atom is 0.260 e. The zero-order chi connectivity index (χ0) is 28.8. The first-order valence-electron chi connectivity index (χ1n) is 11.7. The minimum absolute atomic E-state index is 0.121. The van der Waals surface area contributed by atoms with Gasteiger partial charge >= 0.3 is 0 Å². The fraction of sp³-hybridized carbons (Fsp3) is 0.185. The van der Waals surface area contributed by atoms with Crippen LogP contribution in [0.2, 0.25) is 0 Å². The van der Waals surface area contributed by atoms with Crippen LogP contribution >= 0.6 is 22.6 Å². The summed E-state index contributed by atoms with van der Waals surface area (Å²) < 4.78 is 5.41. The summed E-state index contributed by atoms with van der Waals surface area (Å²) in [6.07, 6.45) is 2.06. The van der Waals surface area contributed by atoms with Gasteiger partial charge in [-0.05, 0) is 47.1 Å². The number of ether oxygens (including phenoxy) is 1. The van der Waals surface area contributed by atoms with Crippen LogP contribution in [0.4, 0.5) is 0 Å². The van der Waals surface area contributed by atoms with Gasteiger partial charge in [-0.2, -0.15) is 0 Å². The van der Waals surface area contributed by atoms with E-state index in [2.05, 4.69) is 15.0 Å². The average Bonchev–Trinajstić information content (AvgIpc) is 3.43. The van der Waals surface area contributed by atoms with E-state index in [1.807, 2.05) is 22.6 Å². The minimum Gasteiger partial charge on any atom is -0.507 e. The van der Waals surface area contributed by atoms with Gasteiger partial charge in [0.05, 0.1) is 46.7 Å². The van der Waals surface area contributed by atoms with Crippen LogP contribution in [0.5, 0.6) is 17.2 Å². The Kier molecular flexibility index (Phi) is 5.46. The van der Waals surface area contributed by atoms with Crippen molar-refractivity contribution in [1.82, 2.24) is 4.98 Å². The zero-order valence-corrected chi connectivity index (χ0v) is 22.8. The molecule has 0 saturated heterocycles. The molecule has 1 atom stereocenters. The normalized spacial score (nSPS) is 19.4. The number of aromatic amines is 1. The molecule has 202 valence electrons. The lowest BCUT2D eigenvalue weighted by molar-refractivity contribution is 0.0790. The third-order valence-corrected chi connectivity index (χ3v) is 8.89. The van der Waals surface area contributed by atoms with Gasteiger partial charge in [0.15, 0.2) is 23.1 Å². The molecule has 0 bridgehead atoms. The number of aromatic hydroxyl groups is 3. The number of carbonyl (C=O) groups is 4. The predicted octanol–water partition coefficient (Wildman–Crippen LogP) is 2.40. The number of aromatic nitrogens is 1. The number of fused-ring (bicyclic) bond motifs is 5. The Labute approximate surface area is 237 Å². The lowest BCUT2D eigenvalue weighted by Gasteiger charge is -2.23. The third kappa shape index (κ3) is 2.94. The first-order valence-corrected chi connectivity index (χ1v) is 12.8. The van der Waals surface area contributed by atoms with E-state index in [0.29, 0.717) is 14.5 Å². The maximum absolute atomic E-state index is 14.1. The number of hydrogen-bond donors (Lipinski definition) is 4. The number of nitrogens with one attached hydrogen (secondary N) is 1. The fourth-order valence-corrected chi connectivity index (χ4v) is 6.95. The number of Topliss-reactive ketones (excluding diaryl/α,β-unsaturated/α-hetero) is 3. The summed E-state index contributed by atoms with van der Waals surface area (Å²) in [5.74, 6) is -6.68. The van der Waals surface area contributed by atoms with Gasteiger partial charge in [0, 0.05) is 20.6 Å². The Bertz CT molecular complexity index is 1920. The minimum atomic E-state index is -2.11. The van der Waals surface area contributed by atoms with Crippen LogP contribution in [0.3, 0.4) is 0 Å². The molecular weight excluding hydrogens is 639 g/mol. The molecule has 0 radical (unpaired) electrons. The summed E-state index contributed by atoms with van der Waals surface area (Å²) >= 11 is 1.96. The van der Waals surface area contributed by atoms with Crippen molar-refractivity contribution >= 4 is 62.7 Å². The number of H-pyrrole nitrogens is 1. The van der Waals surface area contributed by atoms with E-state index in [0.717, 1.165) is 13.2 Å². The fourth-order valence-electron chi connectivity index (χ4n) is 5.98. The number of allylic oxidation sites excluding steroid dienone is 2. The monoisotopic (exact) mass is 656 g/mol. The van der Waals surface area contributed by atoms with Crippen molar-refractivity contribution < 1.29 is 44.1 Å². The van der Waals surface area contributed by atoms with Crippen LogP contribution in [0.1, 0.15) is 64.7 Å². The lowest BCUT2D eigenvalue weighted by Crippen LogP contribution is -2.36. The quantitative estimate of drug-likeness (QED) is 0.107. The number of rotatable bonds is 3. The molecule has 0 saturated carbocycles. The Hall–Kier alpha value is -4.53. The molecule has 0 aliphatic heterocycles. The first-order chi connectivity index (χ1) is 19.0. The molecule has 4 N–H and O–H groups in total. The van der Waals surface area contributed by atoms with Crippen molar-refractivity contribution in [2.75, 3.05) is 14.2 Å². The summed E-state index contributed by atoms with van der Waals surface area (Å²) in [7, 11) is 2.46. The molecule has 0 fully saturated rings. The number of methoxy groups -OCH3 is 1. The van der Waals surface area contributed by atoms with Crippen molar-refractivity contribution in [3.05, 3.63) is 70.9 Å². The molecule has 13 heteroatoms. The van der Waals surface area contributed by atoms with Gasteiger partial charge in [-0.3, -0.25) is 24.0 Å². The smallest absolute Gasteiger partial charge is 0.260 e. The molecule has 0 unspecified atom stereocenters. The molecule has 1 aromatic heterocycles. The molecule has 1 spiro atoms. The first kappa shape index (κ1) is 25.7. The molecule has 40 heavy (non-hydrogen) atoms. The molecule has 6 rings (SSSR count). The van der Waals surface area contributed by atoms with Crippen molar-refractivity contribution in [2.24, 2.45) is 5.16 Å². The summed E-state index contributed by atoms with van der Waals surface area (Å²) in [5.41, 5.74) is -4.79. The number of nitrogens with zero attached hydrogens (tertiary/aromatic N) is 1. The SMILES string of the molecule is CO/N=C/c1cc2c(I)c3c(c(O)c2c(=O)[nH]1)[C@@]1(CC3)C(=O)c2c(O)c3c(c(O)c2C1=O)C(=O)C(OC)=CC3=O. The molecule has 3 aliphatic carbocycles. The van der Waals surface area contributed by atoms with E-state index < -0.39 is 79.4 Å². The molecule has 3 aromatic rings. The standard InChI is InChI=1S/C27H17IN2O10/c1-39-12-6-11(31)14-15(20(12)32)22(34)17-16(21(14)33)24(36)27(25(17)37)4-3-9-18(27)23(35)13-10(19(9)28)5-8(7-29-40-2)30-26(13)38/h5-7,33-35H,3-4H2,1-2H3,(H,30,38)/b29-7+/t27-/m0/s1. The van der Waals surface area contributed by atoms with E-state index in [4.69, 9.17) is 4.74 Å². The molecular formula is C27H17IN2O10. The second-order valence-electron chi connectivity index (χ2n) is 9.44. The van der Waals surface area contributed by atoms with E-state index >= 15 is 0 Å². The Morgan fingerprint density at radius 3 is 2.25 bits per heavy atom. The maximum atomic E-state index is 14.1. The number of oxime groups is 1. The van der Waals surface area contributed by atoms with E-state index in [-0.39, 0.29) is 29.5 Å². The van der Waals surface area contributed by atoms with Gasteiger partial charge in [0.2, 0.25) is 5.78 Å². The number of phenolic OH excluding ortho intramolecular Hbond substituents is 3. The summed E-state index contributed by atoms with van der Waals surface area (Å²) in [5, 5.41) is 37.4. The number of pyridine rings is 1. The van der Waals surface area contributed by atoms with E-state index in [9.17, 15) is 39.3 Å². The highest BCUT2D eigenvalue weighted by Gasteiger charge is 2.62. The van der Waals surface area contributed by atoms with Gasteiger partial charge in [-0.25, -0.2) is 0 Å². The van der Waals surface area contributed by atoms with Gasteiger partial charge < -0.3 is 29.9 Å². The highest BCUT2D eigenvalue weighted by Crippen LogP contribution is 2.58. The number of ketones is 4. The highest BCUT2D eigenvalue weighted by molar-refractivity contribution is 14.1. The summed E-state index contributed by atoms with van der Waals surface area (Å²) in [4.78, 5) is 74.1. The molecule has 0 amide bonds. The van der Waals surface area contributed by atoms with Gasteiger partial charge in [-0.1, -0.05) is 5.16 Å². The van der Waals surface area contributed by atoms with Crippen molar-refractivity contribution in [3.63, 3.8) is 0 Å². The van der Waals surface area contributed by atoms with Crippen LogP contribution in [0.25, 0.3) is 10.8 Å². The number of hydrogen-bond acceptors (Lipinski definition) is 11. The molecule has 2 aromatic carbocycles. The summed E-state index contributed by atoms with van der Waals surface area (Å²) in [6, 6.07) is 1.56. The van der Waals surface area contributed by atoms with Gasteiger partial charge in [0.25, 0.3) is 5.56 Å². The van der Waals surface area contributed by atoms with E-state index in [1.165, 1.54) is 13.3 Å². The van der Waals surface area contributed by atoms with Crippen LogP contribution in [-0.2, 0) is 21.4 Å². The number of carbonyl (C=O) groups excluding carboxylic acids is 4. The van der Waals surface area contributed by atoms with Gasteiger partial charge in [-0.15, -0.1) is 0 Å². The Balaban J connectivity index is 1.64. The highest BCUT2D eigenvalue weighted by atomic mass is 127. The summed E-state index contributed by atoms with van der Waals surface area (Å²) in [6.45, 7) is 0. The molecule has 3 aliphatic rings. The third-order valence-electron chi connectivity index (χ3n) is 7.66. The average molecular weight is 656 g/mol. The van der Waals surface area contributed by atoms with Crippen molar-refractivity contribution in [3.8, 4) is 17.2 Å². The number of phenols is 3. The largest absolute Gasteiger partial charge is 0.507 e. The second kappa shape index (κ2) is 8.48. The zero-order valence-electron chi connectivity index (χ0n) is 20.7. The van der Waals surface area contributed by atoms with E-state index in [1.54, 1.807) is 6.07 Å². The Morgan fingerprint density at radius 1 is 0.975 bits per heavy atom. The lowest BCUT2D eigenvalue weighted by atomic mass is 9.76. The molecule has 1 heterocycles. The number of halogens is 1. The Morgan fingerprint density at radius 2 is 1.62 bits per heavy atom. The van der Waals surface area contributed by atoms with Crippen LogP contribution in [0.15, 0.2) is 27.9 Å². The topological polar surface area (TPSA) is 193 Å². The number of benzene rings is 2. The van der Waals surface area contributed by atoms with Crippen molar-refractivity contribution in [1.29, 1.82) is 0 Å². The van der Waals surface area contributed by atoms with Crippen LogP contribution < -0.4 is 5.56 Å². The van der Waals surface area contributed by atoms with Crippen LogP contribution in [0, 0.1) is 3.57 Å². The van der Waals surface area contributed by atoms with Gasteiger partial charge in [0.1, 0.15) is 29.8 Å². The predicted molar refractivity (Wildman–Crippen MR) is 146 cm³/mol.